The van der Waals surface area contributed by atoms with Gasteiger partial charge in [-0.25, -0.2) is 0 Å². The van der Waals surface area contributed by atoms with Crippen molar-refractivity contribution >= 4 is 0 Å². The molecule has 0 aliphatic heterocycles. The Hall–Kier alpha value is -0.160. The monoisotopic (exact) mass is 300 g/mol. The van der Waals surface area contributed by atoms with Gasteiger partial charge in [-0.2, -0.15) is 0 Å². The molecule has 4 nitrogen and oxygen atoms in total. The van der Waals surface area contributed by atoms with Gasteiger partial charge in [-0.15, -0.1) is 0 Å². The third kappa shape index (κ3) is 9.46. The molecule has 0 unspecified atom stereocenters. The molecule has 0 heterocycles. The van der Waals surface area contributed by atoms with Crippen LogP contribution in [0.3, 0.4) is 0 Å². The van der Waals surface area contributed by atoms with Crippen LogP contribution < -0.4 is 5.73 Å². The van der Waals surface area contributed by atoms with E-state index < -0.39 is 0 Å². The summed E-state index contributed by atoms with van der Waals surface area (Å²) in [5, 5.41) is 0. The topological polar surface area (TPSA) is 47.7 Å². The number of nitrogens with zero attached hydrogens (tertiary/aromatic N) is 1. The van der Waals surface area contributed by atoms with Gasteiger partial charge in [0.05, 0.1) is 12.7 Å². The SMILES string of the molecule is COCCN(C)CCCCCCOC1CCC(CN)CC1. The molecule has 0 aromatic rings. The average molecular weight is 300 g/mol. The van der Waals surface area contributed by atoms with Crippen LogP contribution in [0, 0.1) is 5.92 Å². The van der Waals surface area contributed by atoms with E-state index in [4.69, 9.17) is 15.2 Å². The lowest BCUT2D eigenvalue weighted by molar-refractivity contribution is 0.0169. The second kappa shape index (κ2) is 12.4. The van der Waals surface area contributed by atoms with E-state index in [2.05, 4.69) is 11.9 Å². The Labute approximate surface area is 131 Å². The summed E-state index contributed by atoms with van der Waals surface area (Å²) in [7, 11) is 3.93. The molecule has 1 fully saturated rings. The van der Waals surface area contributed by atoms with Crippen molar-refractivity contribution in [1.82, 2.24) is 4.90 Å². The van der Waals surface area contributed by atoms with Gasteiger partial charge < -0.3 is 20.1 Å². The fraction of sp³-hybridized carbons (Fsp3) is 1.00. The summed E-state index contributed by atoms with van der Waals surface area (Å²) in [6.45, 7) is 4.83. The highest BCUT2D eigenvalue weighted by Gasteiger charge is 2.20. The molecule has 0 saturated heterocycles. The molecule has 1 saturated carbocycles. The summed E-state index contributed by atoms with van der Waals surface area (Å²) in [4.78, 5) is 2.34. The second-order valence-electron chi connectivity index (χ2n) is 6.46. The fourth-order valence-corrected chi connectivity index (χ4v) is 2.98. The second-order valence-corrected chi connectivity index (χ2v) is 6.46. The van der Waals surface area contributed by atoms with Crippen LogP contribution >= 0.6 is 0 Å². The van der Waals surface area contributed by atoms with Gasteiger partial charge in [0.2, 0.25) is 0 Å². The van der Waals surface area contributed by atoms with Gasteiger partial charge in [0.15, 0.2) is 0 Å². The maximum Gasteiger partial charge on any atom is 0.0589 e. The Kier molecular flexibility index (Phi) is 11.1. The highest BCUT2D eigenvalue weighted by Crippen LogP contribution is 2.25. The van der Waals surface area contributed by atoms with Crippen LogP contribution in [-0.2, 0) is 9.47 Å². The van der Waals surface area contributed by atoms with Gasteiger partial charge in [-0.05, 0) is 64.6 Å². The first-order valence-electron chi connectivity index (χ1n) is 8.75. The lowest BCUT2D eigenvalue weighted by Crippen LogP contribution is -2.26. The highest BCUT2D eigenvalue weighted by atomic mass is 16.5. The van der Waals surface area contributed by atoms with Crippen LogP contribution in [0.5, 0.6) is 0 Å². The smallest absolute Gasteiger partial charge is 0.0589 e. The molecule has 0 aromatic heterocycles. The summed E-state index contributed by atoms with van der Waals surface area (Å²) in [5.41, 5.74) is 5.71. The Morgan fingerprint density at radius 3 is 2.33 bits per heavy atom. The molecule has 0 radical (unpaired) electrons. The van der Waals surface area contributed by atoms with Crippen molar-refractivity contribution < 1.29 is 9.47 Å². The minimum absolute atomic E-state index is 0.507. The Balaban J connectivity index is 1.84. The predicted molar refractivity (Wildman–Crippen MR) is 88.6 cm³/mol. The predicted octanol–water partition coefficient (Wildman–Crippen LogP) is 2.66. The normalized spacial score (nSPS) is 22.9. The molecule has 126 valence electrons. The average Bonchev–Trinajstić information content (AvgIpc) is 2.52. The van der Waals surface area contributed by atoms with E-state index in [1.807, 2.05) is 0 Å². The molecule has 0 atom stereocenters. The van der Waals surface area contributed by atoms with E-state index in [1.54, 1.807) is 7.11 Å². The zero-order valence-corrected chi connectivity index (χ0v) is 14.2. The minimum Gasteiger partial charge on any atom is -0.383 e. The first-order valence-corrected chi connectivity index (χ1v) is 8.75. The minimum atomic E-state index is 0.507. The number of rotatable bonds is 12. The molecule has 1 aliphatic carbocycles. The number of nitrogens with two attached hydrogens (primary N) is 1. The van der Waals surface area contributed by atoms with Crippen LogP contribution in [-0.4, -0.2) is 58.0 Å². The van der Waals surface area contributed by atoms with E-state index in [1.165, 1.54) is 57.9 Å². The lowest BCUT2D eigenvalue weighted by atomic mass is 9.87. The van der Waals surface area contributed by atoms with E-state index >= 15 is 0 Å². The molecular weight excluding hydrogens is 264 g/mol. The summed E-state index contributed by atoms with van der Waals surface area (Å²) < 4.78 is 11.1. The molecule has 0 aromatic carbocycles. The number of hydrogen-bond donors (Lipinski definition) is 1. The van der Waals surface area contributed by atoms with Gasteiger partial charge >= 0.3 is 0 Å². The Morgan fingerprint density at radius 2 is 1.67 bits per heavy atom. The number of hydrogen-bond acceptors (Lipinski definition) is 4. The molecule has 21 heavy (non-hydrogen) atoms. The molecular formula is C17H36N2O2. The van der Waals surface area contributed by atoms with E-state index in [9.17, 15) is 0 Å². The number of unbranched alkanes of at least 4 members (excludes halogenated alkanes) is 3. The highest BCUT2D eigenvalue weighted by molar-refractivity contribution is 4.73. The Morgan fingerprint density at radius 1 is 0.952 bits per heavy atom. The third-order valence-corrected chi connectivity index (χ3v) is 4.59. The van der Waals surface area contributed by atoms with E-state index in [0.717, 1.165) is 32.2 Å². The van der Waals surface area contributed by atoms with Crippen molar-refractivity contribution in [2.75, 3.05) is 47.0 Å². The maximum atomic E-state index is 5.99. The van der Waals surface area contributed by atoms with Crippen LogP contribution in [0.25, 0.3) is 0 Å². The standard InChI is InChI=1S/C17H36N2O2/c1-19(12-14-20-2)11-5-3-4-6-13-21-17-9-7-16(15-18)8-10-17/h16-17H,3-15,18H2,1-2H3. The van der Waals surface area contributed by atoms with Crippen LogP contribution in [0.4, 0.5) is 0 Å². The van der Waals surface area contributed by atoms with Crippen molar-refractivity contribution in [2.24, 2.45) is 11.7 Å². The number of likely N-dealkylation sites (N-methyl/N-ethyl adjacent to an activating group) is 1. The Bertz CT molecular complexity index is 231. The molecule has 1 rings (SSSR count). The summed E-state index contributed by atoms with van der Waals surface area (Å²) in [5.74, 6) is 0.750. The van der Waals surface area contributed by atoms with Gasteiger partial charge in [0, 0.05) is 20.3 Å². The molecule has 2 N–H and O–H groups in total. The van der Waals surface area contributed by atoms with Crippen molar-refractivity contribution in [1.29, 1.82) is 0 Å². The number of methoxy groups -OCH3 is 1. The molecule has 0 amide bonds. The molecule has 0 bridgehead atoms. The van der Waals surface area contributed by atoms with Gasteiger partial charge in [-0.3, -0.25) is 0 Å². The fourth-order valence-electron chi connectivity index (χ4n) is 2.98. The van der Waals surface area contributed by atoms with E-state index in [-0.39, 0.29) is 0 Å². The van der Waals surface area contributed by atoms with E-state index in [0.29, 0.717) is 6.10 Å². The lowest BCUT2D eigenvalue weighted by Gasteiger charge is -2.27. The summed E-state index contributed by atoms with van der Waals surface area (Å²) in [6, 6.07) is 0. The maximum absolute atomic E-state index is 5.99. The van der Waals surface area contributed by atoms with Crippen molar-refractivity contribution in [3.05, 3.63) is 0 Å². The van der Waals surface area contributed by atoms with Crippen molar-refractivity contribution in [3.63, 3.8) is 0 Å². The first-order chi connectivity index (χ1) is 10.3. The van der Waals surface area contributed by atoms with Gasteiger partial charge in [0.25, 0.3) is 0 Å². The molecule has 1 aliphatic rings. The van der Waals surface area contributed by atoms with Crippen molar-refractivity contribution in [3.8, 4) is 0 Å². The van der Waals surface area contributed by atoms with Gasteiger partial charge in [-0.1, -0.05) is 12.8 Å². The zero-order valence-electron chi connectivity index (χ0n) is 14.2. The van der Waals surface area contributed by atoms with Crippen LogP contribution in [0.1, 0.15) is 51.4 Å². The summed E-state index contributed by atoms with van der Waals surface area (Å²) >= 11 is 0. The molecule has 0 spiro atoms. The zero-order chi connectivity index (χ0) is 15.3. The van der Waals surface area contributed by atoms with Gasteiger partial charge in [0.1, 0.15) is 0 Å². The summed E-state index contributed by atoms with van der Waals surface area (Å²) in [6.07, 6.45) is 10.5. The number of ether oxygens (including phenoxy) is 2. The largest absolute Gasteiger partial charge is 0.383 e. The van der Waals surface area contributed by atoms with Crippen molar-refractivity contribution in [2.45, 2.75) is 57.5 Å². The first kappa shape index (κ1) is 18.9. The van der Waals surface area contributed by atoms with Crippen LogP contribution in [0.15, 0.2) is 0 Å². The molecule has 4 heteroatoms. The third-order valence-electron chi connectivity index (χ3n) is 4.59. The quantitative estimate of drug-likeness (QED) is 0.563. The van der Waals surface area contributed by atoms with Crippen LogP contribution in [0.2, 0.25) is 0 Å².